The van der Waals surface area contributed by atoms with Crippen molar-refractivity contribution >= 4 is 45.8 Å². The summed E-state index contributed by atoms with van der Waals surface area (Å²) in [6, 6.07) is 3.55. The molecule has 0 bridgehead atoms. The van der Waals surface area contributed by atoms with E-state index in [9.17, 15) is 22.8 Å². The summed E-state index contributed by atoms with van der Waals surface area (Å²) in [5.74, 6) is -0.764. The SMILES string of the molecule is CCOC(=O)c1nc(NC(=O)Nc2ccccc2C(F)(F)F)sc1Cl. The minimum atomic E-state index is -4.62. The fourth-order valence-electron chi connectivity index (χ4n) is 1.77. The minimum absolute atomic E-state index is 0.00978. The van der Waals surface area contributed by atoms with Crippen molar-refractivity contribution in [3.63, 3.8) is 0 Å². The third-order valence-corrected chi connectivity index (χ3v) is 3.93. The molecule has 1 aromatic carbocycles. The number of ether oxygens (including phenoxy) is 1. The second-order valence-electron chi connectivity index (χ2n) is 4.48. The first-order chi connectivity index (χ1) is 11.7. The summed E-state index contributed by atoms with van der Waals surface area (Å²) in [7, 11) is 0. The van der Waals surface area contributed by atoms with Gasteiger partial charge in [0.1, 0.15) is 4.34 Å². The van der Waals surface area contributed by atoms with Crippen LogP contribution in [0.5, 0.6) is 0 Å². The predicted octanol–water partition coefficient (Wildman–Crippen LogP) is 4.64. The molecule has 0 fully saturated rings. The van der Waals surface area contributed by atoms with E-state index < -0.39 is 29.4 Å². The molecule has 0 aliphatic heterocycles. The van der Waals surface area contributed by atoms with Crippen molar-refractivity contribution in [3.05, 3.63) is 39.9 Å². The van der Waals surface area contributed by atoms with Gasteiger partial charge < -0.3 is 10.1 Å². The Morgan fingerprint density at radius 2 is 1.96 bits per heavy atom. The fraction of sp³-hybridized carbons (Fsp3) is 0.214. The van der Waals surface area contributed by atoms with Crippen LogP contribution in [-0.2, 0) is 10.9 Å². The summed E-state index contributed by atoms with van der Waals surface area (Å²) in [6.07, 6.45) is -4.62. The molecular weight excluding hydrogens is 383 g/mol. The van der Waals surface area contributed by atoms with E-state index in [1.807, 2.05) is 0 Å². The highest BCUT2D eigenvalue weighted by Crippen LogP contribution is 2.34. The van der Waals surface area contributed by atoms with Gasteiger partial charge in [0, 0.05) is 0 Å². The van der Waals surface area contributed by atoms with Gasteiger partial charge in [-0.2, -0.15) is 13.2 Å². The van der Waals surface area contributed by atoms with Crippen LogP contribution in [0.3, 0.4) is 0 Å². The molecule has 1 aromatic heterocycles. The predicted molar refractivity (Wildman–Crippen MR) is 87.2 cm³/mol. The number of thiazole rings is 1. The van der Waals surface area contributed by atoms with E-state index in [0.29, 0.717) is 0 Å². The van der Waals surface area contributed by atoms with Gasteiger partial charge in [0.2, 0.25) is 0 Å². The number of hydrogen-bond acceptors (Lipinski definition) is 5. The number of aromatic nitrogens is 1. The average molecular weight is 394 g/mol. The lowest BCUT2D eigenvalue weighted by molar-refractivity contribution is -0.136. The number of anilines is 2. The molecule has 0 atom stereocenters. The van der Waals surface area contributed by atoms with Crippen LogP contribution in [0.4, 0.5) is 28.8 Å². The molecule has 0 unspecified atom stereocenters. The van der Waals surface area contributed by atoms with E-state index >= 15 is 0 Å². The van der Waals surface area contributed by atoms with Crippen LogP contribution in [0.2, 0.25) is 4.34 Å². The van der Waals surface area contributed by atoms with Gasteiger partial charge in [0.25, 0.3) is 0 Å². The number of alkyl halides is 3. The Hall–Kier alpha value is -2.33. The first kappa shape index (κ1) is 19.0. The first-order valence-electron chi connectivity index (χ1n) is 6.80. The molecule has 0 spiro atoms. The molecule has 0 saturated heterocycles. The Kier molecular flexibility index (Phi) is 5.85. The number of nitrogens with one attached hydrogen (secondary N) is 2. The molecule has 0 saturated carbocycles. The summed E-state index contributed by atoms with van der Waals surface area (Å²) >= 11 is 6.62. The standard InChI is InChI=1S/C14H11ClF3N3O3S/c1-2-24-11(22)9-10(15)25-13(20-9)21-12(23)19-8-6-4-3-5-7(8)14(16,17)18/h3-6H,2H2,1H3,(H2,19,20,21,23). The number of nitrogens with zero attached hydrogens (tertiary/aromatic N) is 1. The number of amides is 2. The zero-order valence-electron chi connectivity index (χ0n) is 12.6. The van der Waals surface area contributed by atoms with Crippen LogP contribution < -0.4 is 10.6 Å². The number of carbonyl (C=O) groups is 2. The molecule has 1 heterocycles. The van der Waals surface area contributed by atoms with Crippen LogP contribution in [0.25, 0.3) is 0 Å². The Labute approximate surface area is 149 Å². The molecule has 0 aliphatic rings. The van der Waals surface area contributed by atoms with E-state index in [0.717, 1.165) is 23.5 Å². The zero-order valence-corrected chi connectivity index (χ0v) is 14.2. The van der Waals surface area contributed by atoms with Gasteiger partial charge >= 0.3 is 18.2 Å². The van der Waals surface area contributed by atoms with Gasteiger partial charge in [-0.15, -0.1) is 0 Å². The quantitative estimate of drug-likeness (QED) is 0.742. The lowest BCUT2D eigenvalue weighted by Gasteiger charge is -2.13. The summed E-state index contributed by atoms with van der Waals surface area (Å²) in [5.41, 5.74) is -1.59. The summed E-state index contributed by atoms with van der Waals surface area (Å²) in [6.45, 7) is 1.72. The van der Waals surface area contributed by atoms with E-state index in [4.69, 9.17) is 16.3 Å². The third kappa shape index (κ3) is 4.83. The molecule has 134 valence electrons. The van der Waals surface area contributed by atoms with E-state index in [1.54, 1.807) is 6.92 Å². The van der Waals surface area contributed by atoms with Crippen molar-refractivity contribution in [3.8, 4) is 0 Å². The van der Waals surface area contributed by atoms with Gasteiger partial charge in [0.15, 0.2) is 10.8 Å². The lowest BCUT2D eigenvalue weighted by Crippen LogP contribution is -2.21. The third-order valence-electron chi connectivity index (χ3n) is 2.76. The Bertz CT molecular complexity index is 795. The zero-order chi connectivity index (χ0) is 18.6. The largest absolute Gasteiger partial charge is 0.461 e. The van der Waals surface area contributed by atoms with Crippen LogP contribution in [0.15, 0.2) is 24.3 Å². The topological polar surface area (TPSA) is 80.3 Å². The van der Waals surface area contributed by atoms with Crippen LogP contribution in [0.1, 0.15) is 23.0 Å². The minimum Gasteiger partial charge on any atom is -0.461 e. The highest BCUT2D eigenvalue weighted by molar-refractivity contribution is 7.20. The number of hydrogen-bond donors (Lipinski definition) is 2. The Balaban J connectivity index is 2.12. The van der Waals surface area contributed by atoms with Crippen LogP contribution in [0, 0.1) is 0 Å². The number of carbonyl (C=O) groups excluding carboxylic acids is 2. The summed E-state index contributed by atoms with van der Waals surface area (Å²) in [5, 5.41) is 4.25. The van der Waals surface area contributed by atoms with Crippen LogP contribution in [-0.4, -0.2) is 23.6 Å². The van der Waals surface area contributed by atoms with E-state index in [-0.39, 0.29) is 21.8 Å². The molecule has 2 rings (SSSR count). The average Bonchev–Trinajstić information content (AvgIpc) is 2.87. The van der Waals surface area contributed by atoms with Crippen molar-refractivity contribution in [1.82, 2.24) is 4.98 Å². The van der Waals surface area contributed by atoms with Crippen molar-refractivity contribution in [2.75, 3.05) is 17.2 Å². The molecular formula is C14H11ClF3N3O3S. The normalized spacial score (nSPS) is 11.1. The van der Waals surface area contributed by atoms with Gasteiger partial charge in [-0.3, -0.25) is 5.32 Å². The van der Waals surface area contributed by atoms with Gasteiger partial charge in [0.05, 0.1) is 17.9 Å². The molecule has 25 heavy (non-hydrogen) atoms. The van der Waals surface area contributed by atoms with E-state index in [2.05, 4.69) is 15.6 Å². The molecule has 2 amide bonds. The van der Waals surface area contributed by atoms with Crippen molar-refractivity contribution in [2.45, 2.75) is 13.1 Å². The van der Waals surface area contributed by atoms with Crippen molar-refractivity contribution in [1.29, 1.82) is 0 Å². The summed E-state index contributed by atoms with van der Waals surface area (Å²) in [4.78, 5) is 27.3. The second kappa shape index (κ2) is 7.70. The molecule has 6 nitrogen and oxygen atoms in total. The number of esters is 1. The molecule has 0 radical (unpaired) electrons. The smallest absolute Gasteiger partial charge is 0.418 e. The van der Waals surface area contributed by atoms with Gasteiger partial charge in [-0.1, -0.05) is 35.1 Å². The molecule has 2 N–H and O–H groups in total. The fourth-order valence-corrected chi connectivity index (χ4v) is 2.79. The number of halogens is 4. The lowest BCUT2D eigenvalue weighted by atomic mass is 10.1. The highest BCUT2D eigenvalue weighted by atomic mass is 35.5. The van der Waals surface area contributed by atoms with Gasteiger partial charge in [-0.25, -0.2) is 14.6 Å². The maximum Gasteiger partial charge on any atom is 0.418 e. The Morgan fingerprint density at radius 3 is 2.60 bits per heavy atom. The number of urea groups is 1. The maximum atomic E-state index is 12.9. The number of rotatable bonds is 4. The van der Waals surface area contributed by atoms with Gasteiger partial charge in [-0.05, 0) is 19.1 Å². The van der Waals surface area contributed by atoms with E-state index in [1.165, 1.54) is 12.1 Å². The highest BCUT2D eigenvalue weighted by Gasteiger charge is 2.33. The molecule has 2 aromatic rings. The van der Waals surface area contributed by atoms with Crippen molar-refractivity contribution in [2.24, 2.45) is 0 Å². The molecule has 11 heteroatoms. The monoisotopic (exact) mass is 393 g/mol. The first-order valence-corrected chi connectivity index (χ1v) is 7.99. The summed E-state index contributed by atoms with van der Waals surface area (Å²) < 4.78 is 43.4. The molecule has 0 aliphatic carbocycles. The number of para-hydroxylation sites is 1. The number of benzene rings is 1. The van der Waals surface area contributed by atoms with Crippen LogP contribution >= 0.6 is 22.9 Å². The Morgan fingerprint density at radius 1 is 1.28 bits per heavy atom. The van der Waals surface area contributed by atoms with Crippen molar-refractivity contribution < 1.29 is 27.5 Å². The maximum absolute atomic E-state index is 12.9. The second-order valence-corrected chi connectivity index (χ2v) is 6.09.